The lowest BCUT2D eigenvalue weighted by Gasteiger charge is -2.30. The predicted octanol–water partition coefficient (Wildman–Crippen LogP) is 3.33. The molecule has 0 spiro atoms. The van der Waals surface area contributed by atoms with Crippen LogP contribution in [0.5, 0.6) is 0 Å². The van der Waals surface area contributed by atoms with Crippen molar-refractivity contribution in [1.29, 1.82) is 0 Å². The molecule has 0 aliphatic rings. The zero-order chi connectivity index (χ0) is 13.2. The number of hydrogen-bond acceptors (Lipinski definition) is 2. The number of rotatable bonds is 4. The van der Waals surface area contributed by atoms with E-state index < -0.39 is 0 Å². The van der Waals surface area contributed by atoms with Gasteiger partial charge in [0, 0.05) is 19.1 Å². The smallest absolute Gasteiger partial charge is 0.146 e. The van der Waals surface area contributed by atoms with Gasteiger partial charge in [-0.25, -0.2) is 4.39 Å². The van der Waals surface area contributed by atoms with Crippen LogP contribution in [0.2, 0.25) is 0 Å². The van der Waals surface area contributed by atoms with Gasteiger partial charge >= 0.3 is 0 Å². The molecule has 0 amide bonds. The molecule has 0 saturated heterocycles. The van der Waals surface area contributed by atoms with Crippen LogP contribution >= 0.6 is 0 Å². The summed E-state index contributed by atoms with van der Waals surface area (Å²) in [6.45, 7) is 8.23. The molecule has 0 fully saturated rings. The van der Waals surface area contributed by atoms with Gasteiger partial charge in [-0.2, -0.15) is 0 Å². The van der Waals surface area contributed by atoms with Crippen LogP contribution in [0, 0.1) is 11.7 Å². The molecule has 0 heterocycles. The van der Waals surface area contributed by atoms with E-state index in [1.165, 1.54) is 6.07 Å². The third kappa shape index (κ3) is 3.19. The number of halogens is 1. The van der Waals surface area contributed by atoms with Crippen molar-refractivity contribution in [2.45, 2.75) is 39.8 Å². The number of nitrogens with zero attached hydrogens (tertiary/aromatic N) is 1. The van der Waals surface area contributed by atoms with Gasteiger partial charge in [0.2, 0.25) is 0 Å². The van der Waals surface area contributed by atoms with E-state index in [2.05, 4.69) is 20.8 Å². The predicted molar refractivity (Wildman–Crippen MR) is 71.7 cm³/mol. The Morgan fingerprint density at radius 2 is 1.76 bits per heavy atom. The zero-order valence-electron chi connectivity index (χ0n) is 11.4. The van der Waals surface area contributed by atoms with E-state index in [1.807, 2.05) is 31.0 Å². The van der Waals surface area contributed by atoms with Crippen LogP contribution in [0.4, 0.5) is 10.1 Å². The van der Waals surface area contributed by atoms with Crippen molar-refractivity contribution >= 4 is 5.69 Å². The average molecular weight is 238 g/mol. The lowest BCUT2D eigenvalue weighted by atomic mass is 10.0. The molecule has 0 saturated carbocycles. The van der Waals surface area contributed by atoms with Gasteiger partial charge in [0.1, 0.15) is 5.82 Å². The van der Waals surface area contributed by atoms with Gasteiger partial charge in [-0.3, -0.25) is 0 Å². The Bertz CT molecular complexity index is 374. The number of anilines is 1. The zero-order valence-corrected chi connectivity index (χ0v) is 11.4. The van der Waals surface area contributed by atoms with Gasteiger partial charge in [-0.05, 0) is 37.5 Å². The van der Waals surface area contributed by atoms with Crippen molar-refractivity contribution < 1.29 is 4.39 Å². The van der Waals surface area contributed by atoms with E-state index >= 15 is 0 Å². The first kappa shape index (κ1) is 14.0. The minimum atomic E-state index is -0.199. The highest BCUT2D eigenvalue weighted by Gasteiger charge is 2.17. The maximum Gasteiger partial charge on any atom is 0.146 e. The summed E-state index contributed by atoms with van der Waals surface area (Å²) < 4.78 is 14.0. The molecule has 1 unspecified atom stereocenters. The molecule has 0 radical (unpaired) electrons. The first-order valence-corrected chi connectivity index (χ1v) is 6.12. The van der Waals surface area contributed by atoms with Crippen molar-refractivity contribution in [3.05, 3.63) is 29.6 Å². The normalized spacial score (nSPS) is 14.8. The maximum atomic E-state index is 14.0. The van der Waals surface area contributed by atoms with E-state index in [1.54, 1.807) is 0 Å². The Morgan fingerprint density at radius 3 is 2.18 bits per heavy atom. The fourth-order valence-corrected chi connectivity index (χ4v) is 1.76. The minimum Gasteiger partial charge on any atom is -0.369 e. The molecule has 3 heteroatoms. The molecule has 2 atom stereocenters. The van der Waals surface area contributed by atoms with E-state index in [0.29, 0.717) is 17.6 Å². The van der Waals surface area contributed by atoms with Gasteiger partial charge in [-0.15, -0.1) is 0 Å². The van der Waals surface area contributed by atoms with Crippen molar-refractivity contribution in [3.8, 4) is 0 Å². The van der Waals surface area contributed by atoms with Crippen LogP contribution in [0.25, 0.3) is 0 Å². The van der Waals surface area contributed by atoms with Crippen molar-refractivity contribution in [1.82, 2.24) is 0 Å². The fourth-order valence-electron chi connectivity index (χ4n) is 1.76. The molecule has 96 valence electrons. The van der Waals surface area contributed by atoms with Gasteiger partial charge < -0.3 is 10.6 Å². The highest BCUT2D eigenvalue weighted by molar-refractivity contribution is 5.49. The van der Waals surface area contributed by atoms with Gasteiger partial charge in [-0.1, -0.05) is 19.9 Å². The summed E-state index contributed by atoms with van der Waals surface area (Å²) in [5.74, 6) is 0.280. The van der Waals surface area contributed by atoms with E-state index in [-0.39, 0.29) is 11.9 Å². The molecule has 17 heavy (non-hydrogen) atoms. The Hall–Kier alpha value is -1.09. The number of benzene rings is 1. The van der Waals surface area contributed by atoms with Crippen LogP contribution in [0.1, 0.15) is 39.3 Å². The summed E-state index contributed by atoms with van der Waals surface area (Å²) >= 11 is 0. The second-order valence-corrected chi connectivity index (χ2v) is 5.10. The van der Waals surface area contributed by atoms with E-state index in [0.717, 1.165) is 5.56 Å². The number of nitrogens with two attached hydrogens (primary N) is 1. The maximum absolute atomic E-state index is 14.0. The monoisotopic (exact) mass is 238 g/mol. The molecule has 0 bridgehead atoms. The topological polar surface area (TPSA) is 29.3 Å². The third-order valence-electron chi connectivity index (χ3n) is 3.45. The molecule has 0 aliphatic carbocycles. The summed E-state index contributed by atoms with van der Waals surface area (Å²) in [5, 5.41) is 0. The first-order chi connectivity index (χ1) is 7.84. The van der Waals surface area contributed by atoms with Crippen molar-refractivity contribution in [3.63, 3.8) is 0 Å². The largest absolute Gasteiger partial charge is 0.369 e. The molecule has 0 aliphatic heterocycles. The SMILES string of the molecule is CC(C)C(C)N(C)c1ccc([C@@H](C)N)cc1F. The third-order valence-corrected chi connectivity index (χ3v) is 3.45. The molecule has 2 N–H and O–H groups in total. The van der Waals surface area contributed by atoms with Crippen molar-refractivity contribution in [2.75, 3.05) is 11.9 Å². The summed E-state index contributed by atoms with van der Waals surface area (Å²) in [7, 11) is 1.93. The fraction of sp³-hybridized carbons (Fsp3) is 0.571. The van der Waals surface area contributed by atoms with E-state index in [4.69, 9.17) is 5.73 Å². The van der Waals surface area contributed by atoms with Gasteiger partial charge in [0.05, 0.1) is 5.69 Å². The molecular weight excluding hydrogens is 215 g/mol. The minimum absolute atomic E-state index is 0.133. The lowest BCUT2D eigenvalue weighted by molar-refractivity contribution is 0.497. The summed E-state index contributed by atoms with van der Waals surface area (Å²) in [4.78, 5) is 1.98. The average Bonchev–Trinajstić information content (AvgIpc) is 2.26. The van der Waals surface area contributed by atoms with E-state index in [9.17, 15) is 4.39 Å². The molecule has 0 aromatic heterocycles. The molecule has 1 rings (SSSR count). The Balaban J connectivity index is 2.99. The first-order valence-electron chi connectivity index (χ1n) is 6.12. The second-order valence-electron chi connectivity index (χ2n) is 5.10. The summed E-state index contributed by atoms with van der Waals surface area (Å²) in [6.07, 6.45) is 0. The lowest BCUT2D eigenvalue weighted by Crippen LogP contribution is -2.33. The molecular formula is C14H23FN2. The summed E-state index contributed by atoms with van der Waals surface area (Å²) in [5.41, 5.74) is 7.20. The number of hydrogen-bond donors (Lipinski definition) is 1. The highest BCUT2D eigenvalue weighted by atomic mass is 19.1. The van der Waals surface area contributed by atoms with Crippen LogP contribution < -0.4 is 10.6 Å². The Morgan fingerprint density at radius 1 is 1.18 bits per heavy atom. The van der Waals surface area contributed by atoms with Crippen LogP contribution in [-0.4, -0.2) is 13.1 Å². The molecule has 1 aromatic carbocycles. The molecule has 2 nitrogen and oxygen atoms in total. The molecule has 1 aromatic rings. The van der Waals surface area contributed by atoms with Gasteiger partial charge in [0.15, 0.2) is 0 Å². The van der Waals surface area contributed by atoms with Crippen LogP contribution in [0.15, 0.2) is 18.2 Å². The second kappa shape index (κ2) is 5.50. The summed E-state index contributed by atoms with van der Waals surface area (Å²) in [6, 6.07) is 5.40. The standard InChI is InChI=1S/C14H23FN2/c1-9(2)11(4)17(5)14-7-6-12(10(3)16)8-13(14)15/h6-11H,16H2,1-5H3/t10-,11?/m1/s1. The van der Waals surface area contributed by atoms with Crippen LogP contribution in [-0.2, 0) is 0 Å². The Kier molecular flexibility index (Phi) is 4.52. The van der Waals surface area contributed by atoms with Crippen LogP contribution in [0.3, 0.4) is 0 Å². The Labute approximate surface area is 104 Å². The quantitative estimate of drug-likeness (QED) is 0.871. The van der Waals surface area contributed by atoms with Crippen molar-refractivity contribution in [2.24, 2.45) is 11.7 Å². The highest BCUT2D eigenvalue weighted by Crippen LogP contribution is 2.25. The van der Waals surface area contributed by atoms with Gasteiger partial charge in [0.25, 0.3) is 0 Å².